The maximum atomic E-state index is 12.2. The van der Waals surface area contributed by atoms with Gasteiger partial charge in [0, 0.05) is 6.61 Å². The Bertz CT molecular complexity index is 509. The van der Waals surface area contributed by atoms with Crippen LogP contribution in [0.2, 0.25) is 0 Å². The van der Waals surface area contributed by atoms with E-state index in [0.29, 0.717) is 5.56 Å². The number of rotatable bonds is 6. The summed E-state index contributed by atoms with van der Waals surface area (Å²) in [5.41, 5.74) is 0.711. The van der Waals surface area contributed by atoms with Crippen LogP contribution in [0.1, 0.15) is 42.1 Å². The Kier molecular flexibility index (Phi) is 5.33. The molecule has 0 aliphatic carbocycles. The van der Waals surface area contributed by atoms with Gasteiger partial charge in [-0.3, -0.25) is 4.79 Å². The van der Waals surface area contributed by atoms with Crippen molar-refractivity contribution < 1.29 is 19.4 Å². The fraction of sp³-hybridized carbons (Fsp3) is 0.500. The highest BCUT2D eigenvalue weighted by molar-refractivity contribution is 5.91. The summed E-state index contributed by atoms with van der Waals surface area (Å²) < 4.78 is 5.61. The van der Waals surface area contributed by atoms with Crippen LogP contribution in [0.3, 0.4) is 0 Å². The van der Waals surface area contributed by atoms with E-state index < -0.39 is 5.97 Å². The molecule has 0 radical (unpaired) electrons. The number of benzene rings is 1. The molecule has 21 heavy (non-hydrogen) atoms. The Labute approximate surface area is 124 Å². The monoisotopic (exact) mass is 291 g/mol. The van der Waals surface area contributed by atoms with Crippen molar-refractivity contribution in [2.24, 2.45) is 0 Å². The van der Waals surface area contributed by atoms with Gasteiger partial charge in [0.15, 0.2) is 0 Å². The molecular formula is C16H21NO4. The average molecular weight is 291 g/mol. The molecule has 2 rings (SSSR count). The third-order valence-electron chi connectivity index (χ3n) is 3.80. The lowest BCUT2D eigenvalue weighted by Crippen LogP contribution is -2.43. The van der Waals surface area contributed by atoms with E-state index in [2.05, 4.69) is 5.32 Å². The molecule has 5 nitrogen and oxygen atoms in total. The molecule has 2 N–H and O–H groups in total. The third kappa shape index (κ3) is 4.04. The van der Waals surface area contributed by atoms with Crippen molar-refractivity contribution in [3.63, 3.8) is 0 Å². The van der Waals surface area contributed by atoms with E-state index in [1.807, 2.05) is 6.92 Å². The van der Waals surface area contributed by atoms with E-state index in [-0.39, 0.29) is 30.0 Å². The van der Waals surface area contributed by atoms with Gasteiger partial charge >= 0.3 is 5.97 Å². The lowest BCUT2D eigenvalue weighted by Gasteiger charge is -2.23. The van der Waals surface area contributed by atoms with Crippen LogP contribution in [0.4, 0.5) is 0 Å². The van der Waals surface area contributed by atoms with Crippen LogP contribution in [0, 0.1) is 0 Å². The Morgan fingerprint density at radius 1 is 1.43 bits per heavy atom. The molecule has 0 bridgehead atoms. The highest BCUT2D eigenvalue weighted by atomic mass is 16.5. The molecule has 2 unspecified atom stereocenters. The van der Waals surface area contributed by atoms with Gasteiger partial charge in [-0.15, -0.1) is 0 Å². The molecular weight excluding hydrogens is 270 g/mol. The molecule has 1 aliphatic heterocycles. The highest BCUT2D eigenvalue weighted by Crippen LogP contribution is 2.18. The van der Waals surface area contributed by atoms with Gasteiger partial charge in [-0.2, -0.15) is 0 Å². The molecule has 114 valence electrons. The third-order valence-corrected chi connectivity index (χ3v) is 3.80. The zero-order valence-corrected chi connectivity index (χ0v) is 12.2. The minimum Gasteiger partial charge on any atom is -0.478 e. The van der Waals surface area contributed by atoms with Crippen LogP contribution in [0.5, 0.6) is 0 Å². The Hall–Kier alpha value is -1.88. The fourth-order valence-corrected chi connectivity index (χ4v) is 2.69. The quantitative estimate of drug-likeness (QED) is 0.840. The molecule has 1 saturated heterocycles. The van der Waals surface area contributed by atoms with Gasteiger partial charge in [0.05, 0.1) is 24.1 Å². The van der Waals surface area contributed by atoms with E-state index in [9.17, 15) is 9.59 Å². The number of aromatic carboxylic acids is 1. The second-order valence-corrected chi connectivity index (χ2v) is 5.27. The molecule has 1 aromatic rings. The number of carbonyl (C=O) groups excluding carboxylic acids is 1. The van der Waals surface area contributed by atoms with E-state index in [1.165, 1.54) is 6.07 Å². The predicted octanol–water partition coefficient (Wildman–Crippen LogP) is 2.00. The van der Waals surface area contributed by atoms with Gasteiger partial charge in [-0.05, 0) is 30.9 Å². The van der Waals surface area contributed by atoms with E-state index >= 15 is 0 Å². The van der Waals surface area contributed by atoms with E-state index in [0.717, 1.165) is 25.9 Å². The second kappa shape index (κ2) is 7.22. The summed E-state index contributed by atoms with van der Waals surface area (Å²) in [6, 6.07) is 6.59. The van der Waals surface area contributed by atoms with Crippen molar-refractivity contribution in [1.29, 1.82) is 0 Å². The van der Waals surface area contributed by atoms with Crippen LogP contribution in [-0.2, 0) is 16.0 Å². The molecule has 1 aliphatic rings. The van der Waals surface area contributed by atoms with Crippen LogP contribution in [0.15, 0.2) is 24.3 Å². The Balaban J connectivity index is 1.99. The molecule has 0 saturated carbocycles. The summed E-state index contributed by atoms with van der Waals surface area (Å²) in [6.07, 6.45) is 2.94. The van der Waals surface area contributed by atoms with Gasteiger partial charge < -0.3 is 15.2 Å². The topological polar surface area (TPSA) is 75.6 Å². The zero-order chi connectivity index (χ0) is 15.2. The minimum atomic E-state index is -1.01. The minimum absolute atomic E-state index is 0.00279. The highest BCUT2D eigenvalue weighted by Gasteiger charge is 2.26. The standard InChI is InChI=1S/C16H21NO4/c1-2-13(14-8-5-9-21-14)17-15(18)10-11-6-3-4-7-12(11)16(19)20/h3-4,6-7,13-14H,2,5,8-10H2,1H3,(H,17,18)(H,19,20). The largest absolute Gasteiger partial charge is 0.478 e. The zero-order valence-electron chi connectivity index (χ0n) is 12.2. The van der Waals surface area contributed by atoms with Crippen LogP contribution >= 0.6 is 0 Å². The van der Waals surface area contributed by atoms with Gasteiger partial charge in [-0.25, -0.2) is 4.79 Å². The summed E-state index contributed by atoms with van der Waals surface area (Å²) in [6.45, 7) is 2.76. The molecule has 2 atom stereocenters. The molecule has 0 spiro atoms. The number of amides is 1. The summed E-state index contributed by atoms with van der Waals surface area (Å²) in [7, 11) is 0. The van der Waals surface area contributed by atoms with Crippen LogP contribution in [0.25, 0.3) is 0 Å². The Morgan fingerprint density at radius 3 is 2.81 bits per heavy atom. The molecule has 5 heteroatoms. The van der Waals surface area contributed by atoms with Crippen LogP contribution in [-0.4, -0.2) is 35.7 Å². The maximum Gasteiger partial charge on any atom is 0.335 e. The normalized spacial score (nSPS) is 19.2. The fourth-order valence-electron chi connectivity index (χ4n) is 2.69. The van der Waals surface area contributed by atoms with Gasteiger partial charge in [0.2, 0.25) is 5.91 Å². The number of carbonyl (C=O) groups is 2. The number of hydrogen-bond donors (Lipinski definition) is 2. The first-order valence-electron chi connectivity index (χ1n) is 7.34. The lowest BCUT2D eigenvalue weighted by molar-refractivity contribution is -0.122. The molecule has 1 aromatic carbocycles. The van der Waals surface area contributed by atoms with Gasteiger partial charge in [0.1, 0.15) is 0 Å². The Morgan fingerprint density at radius 2 is 2.19 bits per heavy atom. The van der Waals surface area contributed by atoms with Crippen LogP contribution < -0.4 is 5.32 Å². The van der Waals surface area contributed by atoms with Gasteiger partial charge in [0.25, 0.3) is 0 Å². The number of nitrogens with one attached hydrogen (secondary N) is 1. The molecule has 1 fully saturated rings. The molecule has 1 heterocycles. The summed E-state index contributed by atoms with van der Waals surface area (Å²) in [5, 5.41) is 12.1. The SMILES string of the molecule is CCC(NC(=O)Cc1ccccc1C(=O)O)C1CCCO1. The summed E-state index contributed by atoms with van der Waals surface area (Å²) in [4.78, 5) is 23.3. The van der Waals surface area contributed by atoms with Crippen molar-refractivity contribution in [2.45, 2.75) is 44.8 Å². The number of hydrogen-bond acceptors (Lipinski definition) is 3. The predicted molar refractivity (Wildman–Crippen MR) is 78.3 cm³/mol. The average Bonchev–Trinajstić information content (AvgIpc) is 2.99. The summed E-state index contributed by atoms with van der Waals surface area (Å²) >= 11 is 0. The molecule has 0 aromatic heterocycles. The van der Waals surface area contributed by atoms with Crippen molar-refractivity contribution in [3.05, 3.63) is 35.4 Å². The number of ether oxygens (including phenoxy) is 1. The summed E-state index contributed by atoms with van der Waals surface area (Å²) in [5.74, 6) is -1.17. The first-order chi connectivity index (χ1) is 10.1. The molecule has 1 amide bonds. The van der Waals surface area contributed by atoms with Crippen molar-refractivity contribution in [3.8, 4) is 0 Å². The van der Waals surface area contributed by atoms with E-state index in [4.69, 9.17) is 9.84 Å². The second-order valence-electron chi connectivity index (χ2n) is 5.27. The smallest absolute Gasteiger partial charge is 0.335 e. The van der Waals surface area contributed by atoms with E-state index in [1.54, 1.807) is 18.2 Å². The van der Waals surface area contributed by atoms with Crippen molar-refractivity contribution in [1.82, 2.24) is 5.32 Å². The maximum absolute atomic E-state index is 12.2. The number of carboxylic acids is 1. The van der Waals surface area contributed by atoms with Crippen molar-refractivity contribution >= 4 is 11.9 Å². The number of carboxylic acid groups (broad SMARTS) is 1. The lowest BCUT2D eigenvalue weighted by atomic mass is 10.0. The first-order valence-corrected chi connectivity index (χ1v) is 7.34. The first kappa shape index (κ1) is 15.5. The van der Waals surface area contributed by atoms with Crippen molar-refractivity contribution in [2.75, 3.05) is 6.61 Å². The van der Waals surface area contributed by atoms with Gasteiger partial charge in [-0.1, -0.05) is 25.1 Å².